The molecule has 3 heteroatoms. The van der Waals surface area contributed by atoms with Crippen LogP contribution in [0.25, 0.3) is 0 Å². The number of nitrogens with zero attached hydrogens (tertiary/aromatic N) is 2. The van der Waals surface area contributed by atoms with E-state index in [0.29, 0.717) is 18.8 Å². The minimum absolute atomic E-state index is 0.00287. The summed E-state index contributed by atoms with van der Waals surface area (Å²) in [6.45, 7) is 3.15. The van der Waals surface area contributed by atoms with Crippen molar-refractivity contribution in [1.29, 1.82) is 0 Å². The van der Waals surface area contributed by atoms with Crippen LogP contribution in [-0.2, 0) is 11.3 Å². The number of amides is 1. The van der Waals surface area contributed by atoms with E-state index in [1.807, 2.05) is 61.5 Å². The Balaban J connectivity index is 2.00. The molecule has 3 rings (SSSR count). The van der Waals surface area contributed by atoms with Gasteiger partial charge in [-0.3, -0.25) is 9.79 Å². The first-order valence-corrected chi connectivity index (χ1v) is 6.81. The van der Waals surface area contributed by atoms with E-state index in [9.17, 15) is 4.79 Å². The second-order valence-electron chi connectivity index (χ2n) is 4.72. The van der Waals surface area contributed by atoms with E-state index >= 15 is 0 Å². The van der Waals surface area contributed by atoms with Crippen molar-refractivity contribution < 1.29 is 4.79 Å². The molecule has 0 fully saturated rings. The smallest absolute Gasteiger partial charge is 0.277 e. The SMILES string of the molecule is CCN=C1C(=O)N(Cc2ccccc2)c2ccccc21. The summed E-state index contributed by atoms with van der Waals surface area (Å²) in [7, 11) is 0. The van der Waals surface area contributed by atoms with Crippen molar-refractivity contribution >= 4 is 17.3 Å². The number of hydrogen-bond acceptors (Lipinski definition) is 2. The Hall–Kier alpha value is -2.42. The third-order valence-corrected chi connectivity index (χ3v) is 3.40. The van der Waals surface area contributed by atoms with Crippen molar-refractivity contribution in [2.45, 2.75) is 13.5 Å². The molecule has 0 N–H and O–H groups in total. The number of hydrogen-bond donors (Lipinski definition) is 0. The Labute approximate surface area is 118 Å². The summed E-state index contributed by atoms with van der Waals surface area (Å²) in [5.74, 6) is -0.00287. The molecular weight excluding hydrogens is 248 g/mol. The van der Waals surface area contributed by atoms with Gasteiger partial charge in [-0.1, -0.05) is 48.5 Å². The minimum atomic E-state index is -0.00287. The van der Waals surface area contributed by atoms with Gasteiger partial charge in [0, 0.05) is 12.1 Å². The van der Waals surface area contributed by atoms with Crippen LogP contribution < -0.4 is 4.90 Å². The number of carbonyl (C=O) groups is 1. The molecule has 1 aliphatic rings. The Bertz CT molecular complexity index is 662. The normalized spacial score (nSPS) is 15.8. The van der Waals surface area contributed by atoms with Crippen LogP contribution in [0.3, 0.4) is 0 Å². The van der Waals surface area contributed by atoms with Crippen molar-refractivity contribution in [2.24, 2.45) is 4.99 Å². The first-order valence-electron chi connectivity index (χ1n) is 6.81. The fourth-order valence-electron chi connectivity index (χ4n) is 2.50. The molecular formula is C17H16N2O. The van der Waals surface area contributed by atoms with Gasteiger partial charge in [-0.05, 0) is 18.6 Å². The molecule has 0 aromatic heterocycles. The summed E-state index contributed by atoms with van der Waals surface area (Å²) in [6.07, 6.45) is 0. The van der Waals surface area contributed by atoms with Crippen LogP contribution in [-0.4, -0.2) is 18.2 Å². The van der Waals surface area contributed by atoms with E-state index in [0.717, 1.165) is 16.8 Å². The minimum Gasteiger partial charge on any atom is -0.302 e. The number of para-hydroxylation sites is 1. The molecule has 1 amide bonds. The van der Waals surface area contributed by atoms with Gasteiger partial charge in [0.15, 0.2) is 0 Å². The standard InChI is InChI=1S/C17H16N2O/c1-2-18-16-14-10-6-7-11-15(14)19(17(16)20)12-13-8-4-3-5-9-13/h3-11H,2,12H2,1H3. The summed E-state index contributed by atoms with van der Waals surface area (Å²) in [4.78, 5) is 18.7. The van der Waals surface area contributed by atoms with Gasteiger partial charge in [0.25, 0.3) is 5.91 Å². The quantitative estimate of drug-likeness (QED) is 0.838. The van der Waals surface area contributed by atoms with Gasteiger partial charge in [-0.25, -0.2) is 0 Å². The lowest BCUT2D eigenvalue weighted by atomic mass is 10.1. The predicted octanol–water partition coefficient (Wildman–Crippen LogP) is 3.04. The van der Waals surface area contributed by atoms with Crippen molar-refractivity contribution in [3.8, 4) is 0 Å². The maximum atomic E-state index is 12.6. The van der Waals surface area contributed by atoms with Gasteiger partial charge in [0.05, 0.1) is 12.2 Å². The number of carbonyl (C=O) groups excluding carboxylic acids is 1. The topological polar surface area (TPSA) is 32.7 Å². The molecule has 0 atom stereocenters. The Morgan fingerprint density at radius 3 is 2.45 bits per heavy atom. The highest BCUT2D eigenvalue weighted by Crippen LogP contribution is 2.30. The highest BCUT2D eigenvalue weighted by atomic mass is 16.2. The van der Waals surface area contributed by atoms with Gasteiger partial charge < -0.3 is 4.90 Å². The molecule has 20 heavy (non-hydrogen) atoms. The third kappa shape index (κ3) is 2.11. The number of aliphatic imine (C=N–C) groups is 1. The van der Waals surface area contributed by atoms with Crippen molar-refractivity contribution in [3.63, 3.8) is 0 Å². The molecule has 0 saturated carbocycles. The molecule has 0 bridgehead atoms. The van der Waals surface area contributed by atoms with E-state index < -0.39 is 0 Å². The lowest BCUT2D eigenvalue weighted by Crippen LogP contribution is -2.29. The molecule has 100 valence electrons. The molecule has 1 heterocycles. The monoisotopic (exact) mass is 264 g/mol. The first-order chi connectivity index (χ1) is 9.81. The summed E-state index contributed by atoms with van der Waals surface area (Å²) < 4.78 is 0. The Morgan fingerprint density at radius 1 is 1.00 bits per heavy atom. The van der Waals surface area contributed by atoms with Crippen LogP contribution in [0.1, 0.15) is 18.1 Å². The molecule has 0 aliphatic carbocycles. The summed E-state index contributed by atoms with van der Waals surface area (Å²) in [5, 5.41) is 0. The van der Waals surface area contributed by atoms with Gasteiger partial charge in [0.2, 0.25) is 0 Å². The molecule has 0 saturated heterocycles. The van der Waals surface area contributed by atoms with Gasteiger partial charge >= 0.3 is 0 Å². The average Bonchev–Trinajstić information content (AvgIpc) is 2.75. The number of rotatable bonds is 3. The fraction of sp³-hybridized carbons (Fsp3) is 0.176. The predicted molar refractivity (Wildman–Crippen MR) is 81.2 cm³/mol. The summed E-state index contributed by atoms with van der Waals surface area (Å²) in [6, 6.07) is 17.9. The zero-order valence-electron chi connectivity index (χ0n) is 11.4. The van der Waals surface area contributed by atoms with Crippen LogP contribution in [0, 0.1) is 0 Å². The van der Waals surface area contributed by atoms with E-state index in [1.165, 1.54) is 0 Å². The highest BCUT2D eigenvalue weighted by Gasteiger charge is 2.33. The number of fused-ring (bicyclic) bond motifs is 1. The molecule has 0 unspecified atom stereocenters. The molecule has 2 aromatic rings. The largest absolute Gasteiger partial charge is 0.302 e. The molecule has 0 spiro atoms. The van der Waals surface area contributed by atoms with Crippen LogP contribution in [0.5, 0.6) is 0 Å². The third-order valence-electron chi connectivity index (χ3n) is 3.40. The second-order valence-corrected chi connectivity index (χ2v) is 4.72. The van der Waals surface area contributed by atoms with E-state index in [2.05, 4.69) is 4.99 Å². The van der Waals surface area contributed by atoms with Crippen LogP contribution in [0.4, 0.5) is 5.69 Å². The molecule has 1 aliphatic heterocycles. The first kappa shape index (κ1) is 12.6. The summed E-state index contributed by atoms with van der Waals surface area (Å²) in [5.41, 5.74) is 3.59. The maximum absolute atomic E-state index is 12.6. The van der Waals surface area contributed by atoms with E-state index in [-0.39, 0.29) is 5.91 Å². The number of benzene rings is 2. The summed E-state index contributed by atoms with van der Waals surface area (Å²) >= 11 is 0. The van der Waals surface area contributed by atoms with E-state index in [1.54, 1.807) is 4.90 Å². The van der Waals surface area contributed by atoms with Gasteiger partial charge in [-0.2, -0.15) is 0 Å². The van der Waals surface area contributed by atoms with Crippen molar-refractivity contribution in [1.82, 2.24) is 0 Å². The van der Waals surface area contributed by atoms with Crippen molar-refractivity contribution in [3.05, 3.63) is 65.7 Å². The van der Waals surface area contributed by atoms with Crippen LogP contribution in [0.15, 0.2) is 59.6 Å². The van der Waals surface area contributed by atoms with Crippen LogP contribution in [0.2, 0.25) is 0 Å². The lowest BCUT2D eigenvalue weighted by molar-refractivity contribution is -0.112. The zero-order chi connectivity index (χ0) is 13.9. The second kappa shape index (κ2) is 5.29. The van der Waals surface area contributed by atoms with Gasteiger partial charge in [-0.15, -0.1) is 0 Å². The fourth-order valence-corrected chi connectivity index (χ4v) is 2.50. The Kier molecular flexibility index (Phi) is 3.33. The Morgan fingerprint density at radius 2 is 1.70 bits per heavy atom. The van der Waals surface area contributed by atoms with Crippen LogP contribution >= 0.6 is 0 Å². The number of anilines is 1. The maximum Gasteiger partial charge on any atom is 0.277 e. The molecule has 0 radical (unpaired) electrons. The average molecular weight is 264 g/mol. The molecule has 3 nitrogen and oxygen atoms in total. The van der Waals surface area contributed by atoms with E-state index in [4.69, 9.17) is 0 Å². The lowest BCUT2D eigenvalue weighted by Gasteiger charge is -2.16. The highest BCUT2D eigenvalue weighted by molar-refractivity contribution is 6.54. The van der Waals surface area contributed by atoms with Crippen molar-refractivity contribution in [2.75, 3.05) is 11.4 Å². The van der Waals surface area contributed by atoms with Gasteiger partial charge in [0.1, 0.15) is 5.71 Å². The zero-order valence-corrected chi connectivity index (χ0v) is 11.4. The molecule has 2 aromatic carbocycles.